The molecule has 0 saturated heterocycles. The smallest absolute Gasteiger partial charge is 0.412 e. The molecule has 0 aromatic heterocycles. The summed E-state index contributed by atoms with van der Waals surface area (Å²) in [6.45, 7) is 10.2. The highest BCUT2D eigenvalue weighted by molar-refractivity contribution is 6.03. The Morgan fingerprint density at radius 3 is 2.50 bits per heavy atom. The lowest BCUT2D eigenvalue weighted by atomic mass is 9.55. The number of nitrogens with one attached hydrogen (secondary N) is 1. The number of oxime groups is 1. The number of hydrogen-bond donors (Lipinski definition) is 3. The molecule has 15 heteroatoms. The number of carbonyl (C=O) groups is 2. The zero-order valence-electron chi connectivity index (χ0n) is 33.4. The first-order chi connectivity index (χ1) is 28.1. The highest BCUT2D eigenvalue weighted by Crippen LogP contribution is 2.61. The van der Waals surface area contributed by atoms with Crippen LogP contribution in [0.15, 0.2) is 84.6 Å². The Labute approximate surface area is 339 Å². The van der Waals surface area contributed by atoms with Crippen LogP contribution in [0.3, 0.4) is 0 Å². The van der Waals surface area contributed by atoms with Gasteiger partial charge in [0.05, 0.1) is 29.8 Å². The molecule has 0 unspecified atom stereocenters. The van der Waals surface area contributed by atoms with Crippen LogP contribution in [0.4, 0.5) is 15.3 Å². The van der Waals surface area contributed by atoms with Crippen molar-refractivity contribution in [1.82, 2.24) is 10.2 Å². The fourth-order valence-electron chi connectivity index (χ4n) is 8.44. The molecular formula is C43H56N4O11. The zero-order valence-corrected chi connectivity index (χ0v) is 33.4. The van der Waals surface area contributed by atoms with Gasteiger partial charge in [-0.2, -0.15) is 0 Å². The molecule has 5 rings (SSSR count). The Bertz CT molecular complexity index is 1820. The molecule has 3 aliphatic rings. The Morgan fingerprint density at radius 1 is 1.09 bits per heavy atom. The van der Waals surface area contributed by atoms with E-state index in [-0.39, 0.29) is 62.9 Å². The van der Waals surface area contributed by atoms with E-state index >= 15 is 0 Å². The number of ether oxygens (including phenoxy) is 4. The number of amides is 2. The number of carbonyl (C=O) groups excluding carboxylic acids is 2. The molecule has 0 radical (unpaired) electrons. The van der Waals surface area contributed by atoms with E-state index in [0.29, 0.717) is 48.6 Å². The Kier molecular flexibility index (Phi) is 15.8. The maximum Gasteiger partial charge on any atom is 0.412 e. The molecule has 314 valence electrons. The normalized spacial score (nSPS) is 23.6. The predicted octanol–water partition coefficient (Wildman–Crippen LogP) is 7.18. The molecule has 0 bridgehead atoms. The van der Waals surface area contributed by atoms with Crippen molar-refractivity contribution in [3.63, 3.8) is 0 Å². The van der Waals surface area contributed by atoms with Crippen molar-refractivity contribution in [3.8, 4) is 11.5 Å². The Hall–Kier alpha value is -5.25. The average molecular weight is 805 g/mol. The van der Waals surface area contributed by atoms with Crippen LogP contribution in [0.2, 0.25) is 0 Å². The second-order valence-corrected chi connectivity index (χ2v) is 14.7. The topological polar surface area (TPSA) is 192 Å². The van der Waals surface area contributed by atoms with E-state index < -0.39 is 34.9 Å². The van der Waals surface area contributed by atoms with Gasteiger partial charge >= 0.3 is 12.2 Å². The summed E-state index contributed by atoms with van der Waals surface area (Å²) >= 11 is 0. The Balaban J connectivity index is 1.71. The lowest BCUT2D eigenvalue weighted by molar-refractivity contribution is -0.384. The fourth-order valence-corrected chi connectivity index (χ4v) is 8.44. The molecule has 2 aromatic rings. The lowest BCUT2D eigenvalue weighted by Crippen LogP contribution is -2.69. The average Bonchev–Trinajstić information content (AvgIpc) is 3.21. The van der Waals surface area contributed by atoms with Gasteiger partial charge in [0.1, 0.15) is 24.1 Å². The van der Waals surface area contributed by atoms with Gasteiger partial charge in [-0.25, -0.2) is 9.59 Å². The van der Waals surface area contributed by atoms with E-state index in [1.807, 2.05) is 6.07 Å². The van der Waals surface area contributed by atoms with Gasteiger partial charge < -0.3 is 44.2 Å². The molecule has 2 aromatic carbocycles. The van der Waals surface area contributed by atoms with Crippen molar-refractivity contribution in [2.45, 2.75) is 82.6 Å². The van der Waals surface area contributed by atoms with Gasteiger partial charge in [0.2, 0.25) is 5.79 Å². The third-order valence-corrected chi connectivity index (χ3v) is 11.0. The number of aliphatic hydroxyl groups excluding tert-OH is 2. The van der Waals surface area contributed by atoms with Crippen LogP contribution in [0, 0.1) is 27.9 Å². The number of aliphatic hydroxyl groups is 2. The second kappa shape index (κ2) is 21.0. The highest BCUT2D eigenvalue weighted by Gasteiger charge is 2.65. The second-order valence-electron chi connectivity index (χ2n) is 14.7. The van der Waals surface area contributed by atoms with Crippen molar-refractivity contribution in [1.29, 1.82) is 0 Å². The molecule has 1 aliphatic heterocycles. The number of fused-ring (bicyclic) bond motifs is 2. The number of hydrogen-bond acceptors (Lipinski definition) is 12. The Morgan fingerprint density at radius 2 is 1.83 bits per heavy atom. The van der Waals surface area contributed by atoms with Crippen LogP contribution in [-0.4, -0.2) is 89.8 Å². The van der Waals surface area contributed by atoms with E-state index in [1.165, 1.54) is 17.0 Å². The van der Waals surface area contributed by atoms with Crippen LogP contribution in [-0.2, 0) is 20.9 Å². The zero-order chi connectivity index (χ0) is 41.7. The number of non-ortho nitro benzene ring substituents is 1. The number of benzene rings is 2. The number of nitro groups is 1. The number of unbranched alkanes of at least 4 members (excludes halogenated alkanes) is 2. The van der Waals surface area contributed by atoms with Crippen LogP contribution in [0.25, 0.3) is 0 Å². The summed E-state index contributed by atoms with van der Waals surface area (Å²) in [5.74, 6) is -1.65. The van der Waals surface area contributed by atoms with Crippen molar-refractivity contribution in [2.24, 2.45) is 22.9 Å². The standard InChI is InChI=1S/C43H56N4O11/c1-5-8-24-54-42(51)46(4)38-27-36(45-56-28-29-15-17-31(18-16-29)47(52)53)34-25-30(13-9-11-21-48)33(14-10-12-22-49)39-35-26-32(57-41(50)44-7-3)19-20-37(35)58-43(38,40(34)39)55-23-6-2/h5-6,15-20,25-26,30,33,38-40,48-49H,1-2,7-14,21-24,27-28H2,3-4H3,(H,44,50)/t30-,33+,38-,39+,40+,43+/m0/s1. The molecular weight excluding hydrogens is 748 g/mol. The van der Waals surface area contributed by atoms with E-state index in [4.69, 9.17) is 28.9 Å². The summed E-state index contributed by atoms with van der Waals surface area (Å²) in [6.07, 6.45) is 9.09. The molecule has 58 heavy (non-hydrogen) atoms. The quantitative estimate of drug-likeness (QED) is 0.0501. The summed E-state index contributed by atoms with van der Waals surface area (Å²) in [5.41, 5.74) is 2.80. The summed E-state index contributed by atoms with van der Waals surface area (Å²) in [7, 11) is 1.64. The van der Waals surface area contributed by atoms with Gasteiger partial charge in [-0.3, -0.25) is 10.1 Å². The van der Waals surface area contributed by atoms with E-state index in [0.717, 1.165) is 36.8 Å². The van der Waals surface area contributed by atoms with Gasteiger partial charge in [0.15, 0.2) is 0 Å². The molecule has 1 heterocycles. The number of allylic oxidation sites excluding steroid dienone is 1. The minimum Gasteiger partial charge on any atom is -0.459 e. The van der Waals surface area contributed by atoms with E-state index in [2.05, 4.69) is 24.6 Å². The van der Waals surface area contributed by atoms with Gasteiger partial charge in [0.25, 0.3) is 5.69 Å². The molecule has 0 spiro atoms. The van der Waals surface area contributed by atoms with Crippen LogP contribution >= 0.6 is 0 Å². The summed E-state index contributed by atoms with van der Waals surface area (Å²) in [6, 6.07) is 10.5. The van der Waals surface area contributed by atoms with Crippen molar-refractivity contribution < 1.29 is 48.5 Å². The number of nitrogens with zero attached hydrogens (tertiary/aromatic N) is 3. The largest absolute Gasteiger partial charge is 0.459 e. The van der Waals surface area contributed by atoms with Crippen LogP contribution in [0.5, 0.6) is 11.5 Å². The van der Waals surface area contributed by atoms with Crippen molar-refractivity contribution >= 4 is 23.6 Å². The third-order valence-electron chi connectivity index (χ3n) is 11.0. The third kappa shape index (κ3) is 10.1. The van der Waals surface area contributed by atoms with Gasteiger partial charge in [-0.1, -0.05) is 36.2 Å². The molecule has 2 aliphatic carbocycles. The maximum absolute atomic E-state index is 13.8. The van der Waals surface area contributed by atoms with E-state index in [1.54, 1.807) is 50.4 Å². The molecule has 6 atom stereocenters. The van der Waals surface area contributed by atoms with Crippen LogP contribution < -0.4 is 14.8 Å². The highest BCUT2D eigenvalue weighted by atomic mass is 16.7. The monoisotopic (exact) mass is 804 g/mol. The maximum atomic E-state index is 13.8. The van der Waals surface area contributed by atoms with E-state index in [9.17, 15) is 29.9 Å². The first kappa shape index (κ1) is 43.9. The van der Waals surface area contributed by atoms with Crippen molar-refractivity contribution in [2.75, 3.05) is 40.0 Å². The minimum absolute atomic E-state index is 0.0180. The SMILES string of the molecule is C=CCCOC(=O)N(C)[C@H]1CC(=NOCc2ccc([N+](=O)[O-])cc2)C2=C[C@H](CCCCO)[C@@H](CCCCO)[C@@H]3c4cc(OC(=O)NCC)ccc4O[C@@]1(OCC=C)[C@H]23. The molecule has 15 nitrogen and oxygen atoms in total. The van der Waals surface area contributed by atoms with Crippen molar-refractivity contribution in [3.05, 3.63) is 101 Å². The first-order valence-electron chi connectivity index (χ1n) is 20.0. The predicted molar refractivity (Wildman–Crippen MR) is 216 cm³/mol. The van der Waals surface area contributed by atoms with Gasteiger partial charge in [0, 0.05) is 56.8 Å². The summed E-state index contributed by atoms with van der Waals surface area (Å²) in [4.78, 5) is 44.8. The van der Waals surface area contributed by atoms with Gasteiger partial charge in [-0.05, 0) is 92.3 Å². The lowest BCUT2D eigenvalue weighted by Gasteiger charge is -2.59. The summed E-state index contributed by atoms with van der Waals surface area (Å²) < 4.78 is 25.3. The number of rotatable bonds is 21. The minimum atomic E-state index is -1.49. The number of likely N-dealkylation sites (N-methyl/N-ethyl adjacent to an activating group) is 1. The van der Waals surface area contributed by atoms with Crippen LogP contribution in [0.1, 0.15) is 75.3 Å². The molecule has 1 fully saturated rings. The fraction of sp³-hybridized carbons (Fsp3) is 0.512. The van der Waals surface area contributed by atoms with Gasteiger partial charge in [-0.15, -0.1) is 13.2 Å². The first-order valence-corrected chi connectivity index (χ1v) is 20.0. The molecule has 3 N–H and O–H groups in total. The molecule has 2 amide bonds. The molecule has 1 saturated carbocycles. The number of nitro benzene ring substituents is 1. The summed E-state index contributed by atoms with van der Waals surface area (Å²) in [5, 5.41) is 38.3.